The first-order chi connectivity index (χ1) is 11.6. The summed E-state index contributed by atoms with van der Waals surface area (Å²) in [5, 5.41) is 9.37. The van der Waals surface area contributed by atoms with E-state index in [1.54, 1.807) is 24.5 Å². The van der Waals surface area contributed by atoms with Crippen molar-refractivity contribution in [2.24, 2.45) is 0 Å². The van der Waals surface area contributed by atoms with Crippen LogP contribution in [0.3, 0.4) is 0 Å². The van der Waals surface area contributed by atoms with Gasteiger partial charge in [-0.3, -0.25) is 4.98 Å². The molecule has 0 spiro atoms. The molecule has 3 rings (SSSR count). The lowest BCUT2D eigenvalue weighted by molar-refractivity contribution is 0.142. The fourth-order valence-corrected chi connectivity index (χ4v) is 2.78. The van der Waals surface area contributed by atoms with E-state index in [4.69, 9.17) is 21.4 Å². The Morgan fingerprint density at radius 2 is 1.88 bits per heavy atom. The topological polar surface area (TPSA) is 91.7 Å². The minimum Gasteiger partial charge on any atom is -0.480 e. The highest BCUT2D eigenvalue weighted by molar-refractivity contribution is 6.34. The maximum atomic E-state index is 11.0. The molecule has 126 valence electrons. The largest absolute Gasteiger partial charge is 0.480 e. The van der Waals surface area contributed by atoms with Crippen LogP contribution >= 0.6 is 11.6 Å². The van der Waals surface area contributed by atoms with Crippen LogP contribution < -0.4 is 9.64 Å². The summed E-state index contributed by atoms with van der Waals surface area (Å²) in [6, 6.07) is 3.60. The van der Waals surface area contributed by atoms with E-state index in [9.17, 15) is 4.79 Å². The number of rotatable bonds is 3. The summed E-state index contributed by atoms with van der Waals surface area (Å²) in [6.07, 6.45) is 2.40. The molecule has 0 saturated carbocycles. The van der Waals surface area contributed by atoms with E-state index in [0.717, 1.165) is 5.56 Å². The number of hydrogen-bond donors (Lipinski definition) is 1. The lowest BCUT2D eigenvalue weighted by atomic mass is 10.2. The van der Waals surface area contributed by atoms with Crippen LogP contribution in [0.2, 0.25) is 5.02 Å². The van der Waals surface area contributed by atoms with Crippen molar-refractivity contribution in [3.8, 4) is 17.3 Å². The molecule has 2 aromatic heterocycles. The molecule has 0 aliphatic carbocycles. The van der Waals surface area contributed by atoms with Gasteiger partial charge in [-0.15, -0.1) is 0 Å². The summed E-state index contributed by atoms with van der Waals surface area (Å²) < 4.78 is 5.27. The van der Waals surface area contributed by atoms with Crippen molar-refractivity contribution in [2.45, 2.75) is 0 Å². The second-order valence-electron chi connectivity index (χ2n) is 5.19. The van der Waals surface area contributed by atoms with E-state index in [0.29, 0.717) is 42.8 Å². The molecule has 24 heavy (non-hydrogen) atoms. The number of methoxy groups -OCH3 is 1. The number of amides is 1. The van der Waals surface area contributed by atoms with E-state index in [1.807, 2.05) is 4.90 Å². The van der Waals surface area contributed by atoms with Crippen molar-refractivity contribution in [1.29, 1.82) is 0 Å². The number of hydrogen-bond acceptors (Lipinski definition) is 6. The maximum absolute atomic E-state index is 11.0. The quantitative estimate of drug-likeness (QED) is 0.906. The third-order valence-electron chi connectivity index (χ3n) is 3.78. The number of carboxylic acid groups (broad SMARTS) is 1. The number of aromatic nitrogens is 3. The maximum Gasteiger partial charge on any atom is 0.407 e. The van der Waals surface area contributed by atoms with Crippen molar-refractivity contribution < 1.29 is 14.6 Å². The van der Waals surface area contributed by atoms with Crippen LogP contribution in [0, 0.1) is 0 Å². The number of nitrogens with zero attached hydrogens (tertiary/aromatic N) is 5. The summed E-state index contributed by atoms with van der Waals surface area (Å²) >= 11 is 6.37. The molecular formula is C15H16ClN5O3. The molecular weight excluding hydrogens is 334 g/mol. The highest BCUT2D eigenvalue weighted by Gasteiger charge is 2.25. The molecule has 9 heteroatoms. The van der Waals surface area contributed by atoms with Crippen LogP contribution in [0.1, 0.15) is 0 Å². The zero-order valence-electron chi connectivity index (χ0n) is 13.0. The van der Waals surface area contributed by atoms with Crippen molar-refractivity contribution in [1.82, 2.24) is 19.9 Å². The first-order valence-corrected chi connectivity index (χ1v) is 7.72. The summed E-state index contributed by atoms with van der Waals surface area (Å²) in [5.74, 6) is 1.31. The summed E-state index contributed by atoms with van der Waals surface area (Å²) in [6.45, 7) is 1.79. The fraction of sp³-hybridized carbons (Fsp3) is 0.333. The predicted molar refractivity (Wildman–Crippen MR) is 88.6 cm³/mol. The van der Waals surface area contributed by atoms with Gasteiger partial charge in [0, 0.05) is 44.1 Å². The molecule has 2 aromatic rings. The van der Waals surface area contributed by atoms with Crippen molar-refractivity contribution in [2.75, 3.05) is 38.2 Å². The molecule has 1 aliphatic heterocycles. The highest BCUT2D eigenvalue weighted by atomic mass is 35.5. The van der Waals surface area contributed by atoms with Crippen molar-refractivity contribution in [3.63, 3.8) is 0 Å². The molecule has 0 atom stereocenters. The zero-order valence-corrected chi connectivity index (χ0v) is 13.8. The van der Waals surface area contributed by atoms with Crippen LogP contribution in [0.25, 0.3) is 11.4 Å². The van der Waals surface area contributed by atoms with Gasteiger partial charge in [0.1, 0.15) is 5.02 Å². The van der Waals surface area contributed by atoms with Crippen LogP contribution in [0.5, 0.6) is 5.88 Å². The SMILES string of the molecule is COc1nc(-c2ccncc2)nc(N2CCN(C(=O)O)CC2)c1Cl. The molecule has 1 aliphatic rings. The molecule has 0 unspecified atom stereocenters. The second kappa shape index (κ2) is 6.88. The molecule has 3 heterocycles. The van der Waals surface area contributed by atoms with Gasteiger partial charge in [-0.05, 0) is 12.1 Å². The first-order valence-electron chi connectivity index (χ1n) is 7.35. The Hall–Kier alpha value is -2.61. The molecule has 1 saturated heterocycles. The van der Waals surface area contributed by atoms with E-state index in [-0.39, 0.29) is 5.88 Å². The minimum absolute atomic E-state index is 0.286. The van der Waals surface area contributed by atoms with Gasteiger partial charge in [0.15, 0.2) is 11.6 Å². The lowest BCUT2D eigenvalue weighted by Crippen LogP contribution is -2.48. The molecule has 1 N–H and O–H groups in total. The molecule has 0 bridgehead atoms. The molecule has 0 aromatic carbocycles. The Labute approximate surface area is 143 Å². The van der Waals surface area contributed by atoms with Crippen LogP contribution in [0.4, 0.5) is 10.6 Å². The Kier molecular flexibility index (Phi) is 4.66. The van der Waals surface area contributed by atoms with Gasteiger partial charge >= 0.3 is 6.09 Å². The average molecular weight is 350 g/mol. The third-order valence-corrected chi connectivity index (χ3v) is 4.12. The predicted octanol–water partition coefficient (Wildman–Crippen LogP) is 2.00. The minimum atomic E-state index is -0.918. The van der Waals surface area contributed by atoms with E-state index < -0.39 is 6.09 Å². The average Bonchev–Trinajstić information content (AvgIpc) is 2.63. The first kappa shape index (κ1) is 16.3. The third kappa shape index (κ3) is 3.18. The molecule has 8 nitrogen and oxygen atoms in total. The van der Waals surface area contributed by atoms with Crippen LogP contribution in [-0.2, 0) is 0 Å². The van der Waals surface area contributed by atoms with E-state index in [1.165, 1.54) is 12.0 Å². The highest BCUT2D eigenvalue weighted by Crippen LogP contribution is 2.34. The lowest BCUT2D eigenvalue weighted by Gasteiger charge is -2.34. The van der Waals surface area contributed by atoms with Gasteiger partial charge in [0.2, 0.25) is 5.88 Å². The van der Waals surface area contributed by atoms with Crippen molar-refractivity contribution >= 4 is 23.5 Å². The van der Waals surface area contributed by atoms with Gasteiger partial charge in [0.05, 0.1) is 7.11 Å². The Morgan fingerprint density at radius 3 is 2.46 bits per heavy atom. The van der Waals surface area contributed by atoms with Crippen molar-refractivity contribution in [3.05, 3.63) is 29.5 Å². The van der Waals surface area contributed by atoms with E-state index >= 15 is 0 Å². The smallest absolute Gasteiger partial charge is 0.407 e. The summed E-state index contributed by atoms with van der Waals surface area (Å²) in [4.78, 5) is 27.2. The van der Waals surface area contributed by atoms with Crippen LogP contribution in [-0.4, -0.2) is 64.3 Å². The molecule has 1 fully saturated rings. The Morgan fingerprint density at radius 1 is 1.21 bits per heavy atom. The number of anilines is 1. The monoisotopic (exact) mass is 349 g/mol. The second-order valence-corrected chi connectivity index (χ2v) is 5.56. The van der Waals surface area contributed by atoms with Gasteiger partial charge in [0.25, 0.3) is 0 Å². The summed E-state index contributed by atoms with van der Waals surface area (Å²) in [7, 11) is 1.50. The number of ether oxygens (including phenoxy) is 1. The van der Waals surface area contributed by atoms with Gasteiger partial charge in [-0.2, -0.15) is 4.98 Å². The number of carbonyl (C=O) groups is 1. The number of pyridine rings is 1. The van der Waals surface area contributed by atoms with Gasteiger partial charge in [-0.25, -0.2) is 9.78 Å². The van der Waals surface area contributed by atoms with E-state index in [2.05, 4.69) is 15.0 Å². The number of halogens is 1. The normalized spacial score (nSPS) is 14.6. The zero-order chi connectivity index (χ0) is 17.1. The molecule has 0 radical (unpaired) electrons. The standard InChI is InChI=1S/C15H16ClN5O3/c1-24-14-11(16)13(20-6-8-21(9-7-20)15(22)23)18-12(19-14)10-2-4-17-5-3-10/h2-5H,6-9H2,1H3,(H,22,23). The Balaban J connectivity index is 1.94. The summed E-state index contributed by atoms with van der Waals surface area (Å²) in [5.41, 5.74) is 0.797. The Bertz CT molecular complexity index is 735. The van der Waals surface area contributed by atoms with Gasteiger partial charge < -0.3 is 19.6 Å². The van der Waals surface area contributed by atoms with Gasteiger partial charge in [-0.1, -0.05) is 11.6 Å². The molecule has 1 amide bonds. The fourth-order valence-electron chi connectivity index (χ4n) is 2.50. The number of piperazine rings is 1. The van der Waals surface area contributed by atoms with Crippen LogP contribution in [0.15, 0.2) is 24.5 Å².